The number of carbonyl (C=O) groups excluding carboxylic acids is 2. The first-order valence-electron chi connectivity index (χ1n) is 8.44. The van der Waals surface area contributed by atoms with Crippen molar-refractivity contribution in [2.24, 2.45) is 5.92 Å². The first-order chi connectivity index (χ1) is 12.4. The lowest BCUT2D eigenvalue weighted by Crippen LogP contribution is -2.38. The van der Waals surface area contributed by atoms with Crippen LogP contribution in [-0.4, -0.2) is 61.6 Å². The number of carboxylic acids is 1. The highest BCUT2D eigenvalue weighted by Gasteiger charge is 2.38. The van der Waals surface area contributed by atoms with E-state index in [1.165, 1.54) is 16.9 Å². The summed E-state index contributed by atoms with van der Waals surface area (Å²) < 4.78 is 10.5. The van der Waals surface area contributed by atoms with Gasteiger partial charge in [0.1, 0.15) is 11.5 Å². The number of nitrogens with zero attached hydrogens (tertiary/aromatic N) is 2. The Balaban J connectivity index is 2.15. The van der Waals surface area contributed by atoms with Gasteiger partial charge >= 0.3 is 5.97 Å². The molecule has 1 aromatic carbocycles. The number of hydrogen-bond donors (Lipinski definition) is 1. The molecule has 0 aliphatic carbocycles. The Morgan fingerprint density at radius 2 is 2.04 bits per heavy atom. The molecule has 8 heteroatoms. The summed E-state index contributed by atoms with van der Waals surface area (Å²) in [5, 5.41) is 8.81. The van der Waals surface area contributed by atoms with E-state index in [9.17, 15) is 14.4 Å². The van der Waals surface area contributed by atoms with E-state index >= 15 is 0 Å². The van der Waals surface area contributed by atoms with Gasteiger partial charge in [0.15, 0.2) is 0 Å². The first kappa shape index (κ1) is 19.6. The fourth-order valence-corrected chi connectivity index (χ4v) is 3.03. The van der Waals surface area contributed by atoms with E-state index in [1.807, 2.05) is 0 Å². The summed E-state index contributed by atoms with van der Waals surface area (Å²) in [7, 11) is 3.05. The van der Waals surface area contributed by atoms with E-state index in [1.54, 1.807) is 32.2 Å². The molecule has 0 aromatic heterocycles. The summed E-state index contributed by atoms with van der Waals surface area (Å²) >= 11 is 0. The summed E-state index contributed by atoms with van der Waals surface area (Å²) in [6, 6.07) is 5.14. The molecule has 26 heavy (non-hydrogen) atoms. The second-order valence-corrected chi connectivity index (χ2v) is 6.00. The summed E-state index contributed by atoms with van der Waals surface area (Å²) in [6.45, 7) is 2.58. The zero-order valence-corrected chi connectivity index (χ0v) is 15.2. The second-order valence-electron chi connectivity index (χ2n) is 6.00. The maximum atomic E-state index is 12.7. The van der Waals surface area contributed by atoms with Crippen molar-refractivity contribution in [3.8, 4) is 11.5 Å². The van der Waals surface area contributed by atoms with E-state index in [4.69, 9.17) is 14.6 Å². The standard InChI is InChI=1S/C18H24N2O6/c1-4-19(8-7-17(22)23)18(24)12-9-16(21)20(11-12)14-6-5-13(25-2)10-15(14)26-3/h5-6,10,12H,4,7-9,11H2,1-3H3,(H,22,23). The maximum absolute atomic E-state index is 12.7. The number of carboxylic acid groups (broad SMARTS) is 1. The van der Waals surface area contributed by atoms with Crippen LogP contribution in [0.25, 0.3) is 0 Å². The van der Waals surface area contributed by atoms with Crippen molar-refractivity contribution < 1.29 is 29.0 Å². The van der Waals surface area contributed by atoms with Crippen LogP contribution >= 0.6 is 0 Å². The highest BCUT2D eigenvalue weighted by atomic mass is 16.5. The molecule has 1 saturated heterocycles. The molecule has 1 aliphatic rings. The van der Waals surface area contributed by atoms with Crippen molar-refractivity contribution in [1.29, 1.82) is 0 Å². The molecule has 1 N–H and O–H groups in total. The molecule has 142 valence electrons. The zero-order chi connectivity index (χ0) is 19.3. The number of rotatable bonds is 8. The smallest absolute Gasteiger partial charge is 0.305 e. The van der Waals surface area contributed by atoms with Gasteiger partial charge in [-0.05, 0) is 19.1 Å². The van der Waals surface area contributed by atoms with Gasteiger partial charge in [0, 0.05) is 32.1 Å². The third kappa shape index (κ3) is 4.25. The largest absolute Gasteiger partial charge is 0.497 e. The summed E-state index contributed by atoms with van der Waals surface area (Å²) in [5.74, 6) is -0.718. The molecular formula is C18H24N2O6. The molecule has 0 saturated carbocycles. The fourth-order valence-electron chi connectivity index (χ4n) is 3.03. The molecule has 1 heterocycles. The Hall–Kier alpha value is -2.77. The Bertz CT molecular complexity index is 690. The summed E-state index contributed by atoms with van der Waals surface area (Å²) in [5.41, 5.74) is 0.585. The van der Waals surface area contributed by atoms with E-state index in [0.29, 0.717) is 23.7 Å². The maximum Gasteiger partial charge on any atom is 0.305 e. The molecule has 2 amide bonds. The van der Waals surface area contributed by atoms with Crippen molar-refractivity contribution in [3.05, 3.63) is 18.2 Å². The lowest BCUT2D eigenvalue weighted by atomic mass is 10.1. The summed E-state index contributed by atoms with van der Waals surface area (Å²) in [6.07, 6.45) is -0.0200. The Morgan fingerprint density at radius 1 is 1.31 bits per heavy atom. The van der Waals surface area contributed by atoms with Crippen molar-refractivity contribution in [2.75, 3.05) is 38.8 Å². The number of methoxy groups -OCH3 is 2. The highest BCUT2D eigenvalue weighted by Crippen LogP contribution is 2.36. The topological polar surface area (TPSA) is 96.4 Å². The van der Waals surface area contributed by atoms with Crippen molar-refractivity contribution in [3.63, 3.8) is 0 Å². The van der Waals surface area contributed by atoms with Crippen LogP contribution in [-0.2, 0) is 14.4 Å². The molecule has 1 aromatic rings. The number of benzene rings is 1. The number of carbonyl (C=O) groups is 3. The number of amides is 2. The van der Waals surface area contributed by atoms with Gasteiger partial charge in [0.05, 0.1) is 32.2 Å². The van der Waals surface area contributed by atoms with Gasteiger partial charge < -0.3 is 24.4 Å². The molecule has 0 spiro atoms. The minimum Gasteiger partial charge on any atom is -0.497 e. The minimum atomic E-state index is -0.955. The van der Waals surface area contributed by atoms with Gasteiger partial charge in [0.2, 0.25) is 11.8 Å². The average molecular weight is 364 g/mol. The number of aliphatic carboxylic acids is 1. The van der Waals surface area contributed by atoms with E-state index in [-0.39, 0.29) is 37.7 Å². The van der Waals surface area contributed by atoms with Gasteiger partial charge in [0.25, 0.3) is 0 Å². The van der Waals surface area contributed by atoms with Crippen LogP contribution in [0.2, 0.25) is 0 Å². The first-order valence-corrected chi connectivity index (χ1v) is 8.44. The van der Waals surface area contributed by atoms with Gasteiger partial charge in [-0.15, -0.1) is 0 Å². The Labute approximate surface area is 152 Å². The van der Waals surface area contributed by atoms with Gasteiger partial charge in [-0.3, -0.25) is 14.4 Å². The minimum absolute atomic E-state index is 0.0948. The van der Waals surface area contributed by atoms with Crippen LogP contribution in [0.1, 0.15) is 19.8 Å². The van der Waals surface area contributed by atoms with E-state index in [0.717, 1.165) is 0 Å². The quantitative estimate of drug-likeness (QED) is 0.749. The van der Waals surface area contributed by atoms with Gasteiger partial charge in [-0.2, -0.15) is 0 Å². The van der Waals surface area contributed by atoms with Crippen LogP contribution in [0.5, 0.6) is 11.5 Å². The molecule has 0 radical (unpaired) electrons. The average Bonchev–Trinajstić information content (AvgIpc) is 3.02. The van der Waals surface area contributed by atoms with Crippen molar-refractivity contribution in [2.45, 2.75) is 19.8 Å². The lowest BCUT2D eigenvalue weighted by Gasteiger charge is -2.24. The fraction of sp³-hybridized carbons (Fsp3) is 0.500. The van der Waals surface area contributed by atoms with Crippen molar-refractivity contribution in [1.82, 2.24) is 4.90 Å². The van der Waals surface area contributed by atoms with Crippen LogP contribution in [0.3, 0.4) is 0 Å². The molecular weight excluding hydrogens is 340 g/mol. The lowest BCUT2D eigenvalue weighted by molar-refractivity contribution is -0.139. The predicted molar refractivity (Wildman–Crippen MR) is 94.5 cm³/mol. The highest BCUT2D eigenvalue weighted by molar-refractivity contribution is 6.01. The third-order valence-corrected chi connectivity index (χ3v) is 4.44. The predicted octanol–water partition coefficient (Wildman–Crippen LogP) is 1.38. The van der Waals surface area contributed by atoms with Crippen LogP contribution < -0.4 is 14.4 Å². The van der Waals surface area contributed by atoms with Crippen LogP contribution in [0.4, 0.5) is 5.69 Å². The molecule has 0 bridgehead atoms. The number of hydrogen-bond acceptors (Lipinski definition) is 5. The third-order valence-electron chi connectivity index (χ3n) is 4.44. The second kappa shape index (κ2) is 8.55. The van der Waals surface area contributed by atoms with Gasteiger partial charge in [-0.1, -0.05) is 0 Å². The molecule has 2 rings (SSSR count). The Kier molecular flexibility index (Phi) is 6.43. The molecule has 1 atom stereocenters. The van der Waals surface area contributed by atoms with Crippen LogP contribution in [0.15, 0.2) is 18.2 Å². The SMILES string of the molecule is CCN(CCC(=O)O)C(=O)C1CC(=O)N(c2ccc(OC)cc2OC)C1. The van der Waals surface area contributed by atoms with Gasteiger partial charge in [-0.25, -0.2) is 0 Å². The molecule has 1 unspecified atom stereocenters. The normalized spacial score (nSPS) is 16.5. The Morgan fingerprint density at radius 3 is 2.62 bits per heavy atom. The van der Waals surface area contributed by atoms with Crippen molar-refractivity contribution >= 4 is 23.5 Å². The zero-order valence-electron chi connectivity index (χ0n) is 15.2. The molecule has 8 nitrogen and oxygen atoms in total. The van der Waals surface area contributed by atoms with E-state index < -0.39 is 11.9 Å². The van der Waals surface area contributed by atoms with Crippen LogP contribution in [0, 0.1) is 5.92 Å². The molecule has 1 aliphatic heterocycles. The monoisotopic (exact) mass is 364 g/mol. The van der Waals surface area contributed by atoms with E-state index in [2.05, 4.69) is 0 Å². The molecule has 1 fully saturated rings. The number of ether oxygens (including phenoxy) is 2. The number of anilines is 1. The summed E-state index contributed by atoms with van der Waals surface area (Å²) in [4.78, 5) is 38.9.